The fourth-order valence-corrected chi connectivity index (χ4v) is 4.12. The Morgan fingerprint density at radius 2 is 2.00 bits per heavy atom. The Labute approximate surface area is 167 Å². The highest BCUT2D eigenvalue weighted by Gasteiger charge is 2.26. The molecular weight excluding hydrogens is 400 g/mol. The van der Waals surface area contributed by atoms with Crippen LogP contribution in [0.4, 0.5) is 14.5 Å². The van der Waals surface area contributed by atoms with Gasteiger partial charge in [0.25, 0.3) is 0 Å². The van der Waals surface area contributed by atoms with Crippen molar-refractivity contribution in [3.05, 3.63) is 58.9 Å². The number of carbonyl (C=O) groups is 1. The highest BCUT2D eigenvalue weighted by Crippen LogP contribution is 2.28. The number of pyridine rings is 1. The average Bonchev–Trinajstić information content (AvgIpc) is 3.07. The van der Waals surface area contributed by atoms with E-state index < -0.39 is 38.7 Å². The number of aromatic nitrogens is 2. The van der Waals surface area contributed by atoms with Crippen molar-refractivity contribution in [1.82, 2.24) is 9.97 Å². The van der Waals surface area contributed by atoms with Crippen LogP contribution in [0.5, 0.6) is 0 Å². The van der Waals surface area contributed by atoms with Crippen LogP contribution in [0, 0.1) is 11.6 Å². The second-order valence-electron chi connectivity index (χ2n) is 7.06. The highest BCUT2D eigenvalue weighted by molar-refractivity contribution is 7.92. The van der Waals surface area contributed by atoms with Crippen LogP contribution in [0.25, 0.3) is 11.0 Å². The summed E-state index contributed by atoms with van der Waals surface area (Å²) < 4.78 is 55.3. The van der Waals surface area contributed by atoms with Crippen LogP contribution in [-0.2, 0) is 10.0 Å². The lowest BCUT2D eigenvalue weighted by Gasteiger charge is -2.11. The van der Waals surface area contributed by atoms with Gasteiger partial charge >= 0.3 is 0 Å². The minimum Gasteiger partial charge on any atom is -0.345 e. The number of nitrogens with zero attached hydrogens (tertiary/aromatic N) is 1. The summed E-state index contributed by atoms with van der Waals surface area (Å²) in [5, 5.41) is 0.442. The summed E-state index contributed by atoms with van der Waals surface area (Å²) in [5.41, 5.74) is 0.0505. The third kappa shape index (κ3) is 4.14. The normalized spacial score (nSPS) is 11.9. The summed E-state index contributed by atoms with van der Waals surface area (Å²) in [5.74, 6) is -3.30. The van der Waals surface area contributed by atoms with Crippen molar-refractivity contribution >= 4 is 32.5 Å². The molecule has 6 nitrogen and oxygen atoms in total. The average molecular weight is 421 g/mol. The van der Waals surface area contributed by atoms with Crippen molar-refractivity contribution in [2.75, 3.05) is 10.5 Å². The third-order valence-corrected chi connectivity index (χ3v) is 6.00. The van der Waals surface area contributed by atoms with Gasteiger partial charge in [-0.3, -0.25) is 9.52 Å². The van der Waals surface area contributed by atoms with Crippen LogP contribution in [0.1, 0.15) is 54.6 Å². The molecule has 0 atom stereocenters. The molecule has 0 radical (unpaired) electrons. The first-order chi connectivity index (χ1) is 13.6. The molecule has 0 aliphatic carbocycles. The fraction of sp³-hybridized carbons (Fsp3) is 0.300. The number of ketones is 1. The predicted molar refractivity (Wildman–Crippen MR) is 108 cm³/mol. The van der Waals surface area contributed by atoms with E-state index in [9.17, 15) is 22.0 Å². The number of H-pyrrole nitrogens is 1. The zero-order chi connectivity index (χ0) is 21.3. The second-order valence-corrected chi connectivity index (χ2v) is 8.90. The number of anilines is 1. The number of hydrogen-bond donors (Lipinski definition) is 2. The molecule has 0 saturated carbocycles. The first-order valence-corrected chi connectivity index (χ1v) is 10.8. The number of hydrogen-bond acceptors (Lipinski definition) is 4. The van der Waals surface area contributed by atoms with Crippen LogP contribution in [-0.4, -0.2) is 29.9 Å². The van der Waals surface area contributed by atoms with Crippen LogP contribution in [0.3, 0.4) is 0 Å². The van der Waals surface area contributed by atoms with Crippen molar-refractivity contribution < 1.29 is 22.0 Å². The van der Waals surface area contributed by atoms with Gasteiger partial charge in [0.1, 0.15) is 11.5 Å². The van der Waals surface area contributed by atoms with E-state index in [1.807, 2.05) is 13.8 Å². The fourth-order valence-electron chi connectivity index (χ4n) is 2.98. The van der Waals surface area contributed by atoms with Crippen molar-refractivity contribution in [3.8, 4) is 0 Å². The van der Waals surface area contributed by atoms with Gasteiger partial charge in [-0.25, -0.2) is 22.2 Å². The lowest BCUT2D eigenvalue weighted by atomic mass is 9.99. The van der Waals surface area contributed by atoms with Crippen molar-refractivity contribution in [3.63, 3.8) is 0 Å². The largest absolute Gasteiger partial charge is 0.345 e. The predicted octanol–water partition coefficient (Wildman–Crippen LogP) is 4.35. The molecule has 1 aromatic carbocycles. The van der Waals surface area contributed by atoms with Crippen molar-refractivity contribution in [2.45, 2.75) is 33.1 Å². The van der Waals surface area contributed by atoms with E-state index in [1.165, 1.54) is 6.20 Å². The number of carbonyl (C=O) groups excluding carboxylic acids is 1. The van der Waals surface area contributed by atoms with Gasteiger partial charge in [-0.05, 0) is 36.1 Å². The van der Waals surface area contributed by atoms with Gasteiger partial charge in [0.15, 0.2) is 5.82 Å². The topological polar surface area (TPSA) is 91.9 Å². The number of halogens is 2. The van der Waals surface area contributed by atoms with Crippen LogP contribution in [0.15, 0.2) is 30.6 Å². The molecule has 0 amide bonds. The Kier molecular flexibility index (Phi) is 5.70. The number of nitrogens with one attached hydrogen (secondary N) is 2. The zero-order valence-corrected chi connectivity index (χ0v) is 17.0. The molecule has 0 spiro atoms. The molecule has 0 bridgehead atoms. The molecular formula is C20H21F2N3O3S. The monoisotopic (exact) mass is 421 g/mol. The standard InChI is InChI=1S/C20H21F2N3O3S/c1-4-7-29(27,28)25-16-6-5-15(21)17(18(16)22)19(26)14-10-24-20-13(14)8-12(9-23-20)11(2)3/h5-6,8-11,25H,4,7H2,1-3H3,(H,23,24). The van der Waals surface area contributed by atoms with E-state index in [1.54, 1.807) is 19.2 Å². The smallest absolute Gasteiger partial charge is 0.232 e. The van der Waals surface area contributed by atoms with Crippen molar-refractivity contribution in [1.29, 1.82) is 0 Å². The maximum absolute atomic E-state index is 14.9. The minimum absolute atomic E-state index is 0.0568. The molecule has 2 aromatic heterocycles. The lowest BCUT2D eigenvalue weighted by Crippen LogP contribution is -2.18. The van der Waals surface area contributed by atoms with Gasteiger partial charge < -0.3 is 4.98 Å². The van der Waals surface area contributed by atoms with E-state index in [0.29, 0.717) is 17.5 Å². The van der Waals surface area contributed by atoms with Gasteiger partial charge in [-0.1, -0.05) is 20.8 Å². The Balaban J connectivity index is 2.09. The summed E-state index contributed by atoms with van der Waals surface area (Å²) in [4.78, 5) is 20.1. The molecule has 0 aliphatic rings. The summed E-state index contributed by atoms with van der Waals surface area (Å²) in [7, 11) is -3.81. The Hall–Kier alpha value is -2.81. The molecule has 0 unspecified atom stereocenters. The highest BCUT2D eigenvalue weighted by atomic mass is 32.2. The number of aromatic amines is 1. The summed E-state index contributed by atoms with van der Waals surface area (Å²) in [6.07, 6.45) is 3.34. The molecule has 154 valence electrons. The third-order valence-electron chi connectivity index (χ3n) is 4.52. The van der Waals surface area contributed by atoms with E-state index in [4.69, 9.17) is 0 Å². The van der Waals surface area contributed by atoms with Gasteiger partial charge in [0.2, 0.25) is 15.8 Å². The molecule has 3 rings (SSSR count). The molecule has 29 heavy (non-hydrogen) atoms. The Morgan fingerprint density at radius 1 is 1.28 bits per heavy atom. The molecule has 3 aromatic rings. The summed E-state index contributed by atoms with van der Waals surface area (Å²) in [6, 6.07) is 3.58. The Bertz CT molecular complexity index is 1190. The summed E-state index contributed by atoms with van der Waals surface area (Å²) >= 11 is 0. The van der Waals surface area contributed by atoms with Crippen molar-refractivity contribution in [2.24, 2.45) is 0 Å². The maximum Gasteiger partial charge on any atom is 0.232 e. The van der Waals surface area contributed by atoms with Crippen LogP contribution in [0.2, 0.25) is 0 Å². The lowest BCUT2D eigenvalue weighted by molar-refractivity contribution is 0.103. The molecule has 2 heterocycles. The quantitative estimate of drug-likeness (QED) is 0.555. The molecule has 9 heteroatoms. The van der Waals surface area contributed by atoms with Gasteiger partial charge in [-0.2, -0.15) is 0 Å². The van der Waals surface area contributed by atoms with E-state index in [0.717, 1.165) is 17.7 Å². The first-order valence-electron chi connectivity index (χ1n) is 9.14. The second kappa shape index (κ2) is 7.90. The van der Waals surface area contributed by atoms with Crippen LogP contribution < -0.4 is 4.72 Å². The van der Waals surface area contributed by atoms with E-state index in [-0.39, 0.29) is 17.2 Å². The molecule has 0 saturated heterocycles. The minimum atomic E-state index is -3.81. The van der Waals surface area contributed by atoms with Gasteiger partial charge in [0, 0.05) is 23.3 Å². The van der Waals surface area contributed by atoms with E-state index in [2.05, 4.69) is 14.7 Å². The number of rotatable bonds is 7. The number of benzene rings is 1. The van der Waals surface area contributed by atoms with Gasteiger partial charge in [-0.15, -0.1) is 0 Å². The molecule has 2 N–H and O–H groups in total. The zero-order valence-electron chi connectivity index (χ0n) is 16.2. The number of sulfonamides is 1. The SMILES string of the molecule is CCCS(=O)(=O)Nc1ccc(F)c(C(=O)c2c[nH]c3ncc(C(C)C)cc23)c1F. The summed E-state index contributed by atoms with van der Waals surface area (Å²) in [6.45, 7) is 5.58. The number of fused-ring (bicyclic) bond motifs is 1. The first kappa shape index (κ1) is 20.9. The van der Waals surface area contributed by atoms with Crippen LogP contribution >= 0.6 is 0 Å². The Morgan fingerprint density at radius 3 is 2.66 bits per heavy atom. The molecule has 0 aliphatic heterocycles. The van der Waals surface area contributed by atoms with E-state index >= 15 is 0 Å². The maximum atomic E-state index is 14.9. The molecule has 0 fully saturated rings. The van der Waals surface area contributed by atoms with Gasteiger partial charge in [0.05, 0.1) is 17.0 Å².